The first-order valence-corrected chi connectivity index (χ1v) is 9.32. The number of carbonyl (C=O) groups is 2. The number of ketones is 2. The summed E-state index contributed by atoms with van der Waals surface area (Å²) in [6.45, 7) is 16.9. The quantitative estimate of drug-likeness (QED) is 0.594. The maximum atomic E-state index is 13.0. The van der Waals surface area contributed by atoms with E-state index < -0.39 is 0 Å². The Bertz CT molecular complexity index is 654. The number of carbonyl (C=O) groups excluding carboxylic acids is 2. The van der Waals surface area contributed by atoms with E-state index in [2.05, 4.69) is 41.5 Å². The molecule has 0 N–H and O–H groups in total. The Labute approximate surface area is 146 Å². The van der Waals surface area contributed by atoms with Gasteiger partial charge in [0, 0.05) is 21.7 Å². The summed E-state index contributed by atoms with van der Waals surface area (Å²) < 4.78 is 0. The second-order valence-corrected chi connectivity index (χ2v) is 10.1. The van der Waals surface area contributed by atoms with Gasteiger partial charge in [-0.25, -0.2) is 0 Å². The Hall–Kier alpha value is -1.18. The summed E-state index contributed by atoms with van der Waals surface area (Å²) in [6.07, 6.45) is 3.89. The minimum atomic E-state index is -0.301. The summed E-state index contributed by atoms with van der Waals surface area (Å²) in [4.78, 5) is 26.0. The van der Waals surface area contributed by atoms with E-state index >= 15 is 0 Å². The van der Waals surface area contributed by atoms with Crippen molar-refractivity contribution in [2.45, 2.75) is 81.1 Å². The number of allylic oxidation sites excluding steroid dienone is 4. The minimum Gasteiger partial charge on any atom is -0.294 e. The highest BCUT2D eigenvalue weighted by Crippen LogP contribution is 2.72. The van der Waals surface area contributed by atoms with Gasteiger partial charge in [-0.15, -0.1) is 0 Å². The first-order chi connectivity index (χ1) is 10.8. The predicted octanol–water partition coefficient (Wildman–Crippen LogP) is 5.42. The molecule has 0 aromatic heterocycles. The van der Waals surface area contributed by atoms with Crippen molar-refractivity contribution in [1.82, 2.24) is 0 Å². The average Bonchev–Trinajstić information content (AvgIpc) is 2.60. The lowest BCUT2D eigenvalue weighted by Gasteiger charge is -2.61. The number of rotatable bonds is 0. The molecule has 3 rings (SSSR count). The zero-order valence-electron chi connectivity index (χ0n) is 16.6. The molecule has 0 aromatic rings. The van der Waals surface area contributed by atoms with Gasteiger partial charge in [-0.05, 0) is 61.8 Å². The van der Waals surface area contributed by atoms with Gasteiger partial charge in [0.15, 0.2) is 11.6 Å². The Kier molecular flexibility index (Phi) is 3.46. The summed E-state index contributed by atoms with van der Waals surface area (Å²) in [6, 6.07) is 0. The molecule has 0 amide bonds. The molecule has 0 bridgehead atoms. The molecule has 0 saturated heterocycles. The van der Waals surface area contributed by atoms with Crippen LogP contribution in [0.1, 0.15) is 81.1 Å². The van der Waals surface area contributed by atoms with Crippen molar-refractivity contribution < 1.29 is 9.59 Å². The molecule has 0 spiro atoms. The van der Waals surface area contributed by atoms with Crippen LogP contribution in [0.2, 0.25) is 0 Å². The zero-order chi connectivity index (χ0) is 18.3. The van der Waals surface area contributed by atoms with Crippen molar-refractivity contribution in [1.29, 1.82) is 0 Å². The highest BCUT2D eigenvalue weighted by molar-refractivity contribution is 6.05. The first kappa shape index (κ1) is 17.6. The third kappa shape index (κ3) is 1.89. The summed E-state index contributed by atoms with van der Waals surface area (Å²) in [5.74, 6) is 0.527. The van der Waals surface area contributed by atoms with Gasteiger partial charge in [-0.3, -0.25) is 9.59 Å². The Morgan fingerprint density at radius 1 is 0.583 bits per heavy atom. The molecule has 0 radical (unpaired) electrons. The topological polar surface area (TPSA) is 34.1 Å². The summed E-state index contributed by atoms with van der Waals surface area (Å²) >= 11 is 0. The maximum absolute atomic E-state index is 13.0. The fourth-order valence-corrected chi connectivity index (χ4v) is 5.64. The van der Waals surface area contributed by atoms with Crippen LogP contribution in [0.5, 0.6) is 0 Å². The van der Waals surface area contributed by atoms with E-state index in [1.807, 2.05) is 13.8 Å². The SMILES string of the molecule is CC1=C2C3=C(C)C(=O)C(C)(C)CC[C@]3(C)[C@@]2(C)CCC(C)(C)C1=O. The van der Waals surface area contributed by atoms with Crippen molar-refractivity contribution in [2.24, 2.45) is 21.7 Å². The molecular weight excluding hydrogens is 296 g/mol. The van der Waals surface area contributed by atoms with Gasteiger partial charge in [0.2, 0.25) is 0 Å². The summed E-state index contributed by atoms with van der Waals surface area (Å²) in [5.41, 5.74) is 3.62. The van der Waals surface area contributed by atoms with Gasteiger partial charge < -0.3 is 0 Å². The molecule has 0 aromatic carbocycles. The van der Waals surface area contributed by atoms with Crippen molar-refractivity contribution in [3.8, 4) is 0 Å². The number of Topliss-reactive ketones (excluding diaryl/α,β-unsaturated/α-hetero) is 2. The van der Waals surface area contributed by atoms with E-state index in [1.54, 1.807) is 0 Å². The Morgan fingerprint density at radius 2 is 0.875 bits per heavy atom. The summed E-state index contributed by atoms with van der Waals surface area (Å²) in [7, 11) is 0. The van der Waals surface area contributed by atoms with Crippen molar-refractivity contribution in [3.63, 3.8) is 0 Å². The van der Waals surface area contributed by atoms with Gasteiger partial charge in [-0.1, -0.05) is 41.5 Å². The maximum Gasteiger partial charge on any atom is 0.164 e. The molecule has 24 heavy (non-hydrogen) atoms. The van der Waals surface area contributed by atoms with Crippen LogP contribution < -0.4 is 0 Å². The van der Waals surface area contributed by atoms with Crippen molar-refractivity contribution in [2.75, 3.05) is 0 Å². The highest BCUT2D eigenvalue weighted by Gasteiger charge is 2.64. The number of hydrogen-bond acceptors (Lipinski definition) is 2. The van der Waals surface area contributed by atoms with Crippen LogP contribution in [-0.2, 0) is 9.59 Å². The third-order valence-corrected chi connectivity index (χ3v) is 7.73. The van der Waals surface area contributed by atoms with E-state index in [4.69, 9.17) is 0 Å². The fourth-order valence-electron chi connectivity index (χ4n) is 5.64. The van der Waals surface area contributed by atoms with Crippen LogP contribution in [0.3, 0.4) is 0 Å². The van der Waals surface area contributed by atoms with Crippen molar-refractivity contribution in [3.05, 3.63) is 22.3 Å². The molecule has 0 aliphatic heterocycles. The lowest BCUT2D eigenvalue weighted by Crippen LogP contribution is -2.52. The van der Waals surface area contributed by atoms with Crippen molar-refractivity contribution >= 4 is 11.6 Å². The normalized spacial score (nSPS) is 38.2. The zero-order valence-corrected chi connectivity index (χ0v) is 16.6. The van der Waals surface area contributed by atoms with Crippen LogP contribution in [0.25, 0.3) is 0 Å². The molecular formula is C22H32O2. The molecule has 2 nitrogen and oxygen atoms in total. The molecule has 2 atom stereocenters. The minimum absolute atomic E-state index is 0.0117. The first-order valence-electron chi connectivity index (χ1n) is 9.32. The third-order valence-electron chi connectivity index (χ3n) is 7.73. The van der Waals surface area contributed by atoms with Crippen LogP contribution in [0.15, 0.2) is 22.3 Å². The molecule has 0 heterocycles. The van der Waals surface area contributed by atoms with E-state index in [-0.39, 0.29) is 33.2 Å². The van der Waals surface area contributed by atoms with Crippen LogP contribution >= 0.6 is 0 Å². The average molecular weight is 328 g/mol. The number of hydrogen-bond donors (Lipinski definition) is 0. The molecule has 132 valence electrons. The standard InChI is InChI=1S/C22H32O2/c1-13-15-16-14(2)18(24)20(5,6)10-12-22(16,8)21(15,7)11-9-19(3,4)17(13)23/h9-12H2,1-8H3/t21-,22-/m0/s1. The van der Waals surface area contributed by atoms with Crippen LogP contribution in [0.4, 0.5) is 0 Å². The van der Waals surface area contributed by atoms with E-state index in [0.717, 1.165) is 36.8 Å². The lowest BCUT2D eigenvalue weighted by atomic mass is 9.42. The predicted molar refractivity (Wildman–Crippen MR) is 97.7 cm³/mol. The largest absolute Gasteiger partial charge is 0.294 e. The molecule has 3 aliphatic rings. The molecule has 0 unspecified atom stereocenters. The van der Waals surface area contributed by atoms with E-state index in [1.165, 1.54) is 11.1 Å². The fraction of sp³-hybridized carbons (Fsp3) is 0.727. The lowest BCUT2D eigenvalue weighted by molar-refractivity contribution is -0.124. The van der Waals surface area contributed by atoms with Crippen LogP contribution in [0, 0.1) is 21.7 Å². The van der Waals surface area contributed by atoms with E-state index in [9.17, 15) is 9.59 Å². The Morgan fingerprint density at radius 3 is 1.17 bits per heavy atom. The summed E-state index contributed by atoms with van der Waals surface area (Å²) in [5, 5.41) is 0. The smallest absolute Gasteiger partial charge is 0.164 e. The molecule has 1 saturated carbocycles. The monoisotopic (exact) mass is 328 g/mol. The van der Waals surface area contributed by atoms with E-state index in [0.29, 0.717) is 0 Å². The van der Waals surface area contributed by atoms with Gasteiger partial charge in [-0.2, -0.15) is 0 Å². The number of fused-ring (bicyclic) bond motifs is 4. The molecule has 3 aliphatic carbocycles. The van der Waals surface area contributed by atoms with Gasteiger partial charge >= 0.3 is 0 Å². The Balaban J connectivity index is 2.29. The second kappa shape index (κ2) is 4.71. The van der Waals surface area contributed by atoms with Gasteiger partial charge in [0.1, 0.15) is 0 Å². The van der Waals surface area contributed by atoms with Gasteiger partial charge in [0.25, 0.3) is 0 Å². The molecule has 2 heteroatoms. The molecule has 1 fully saturated rings. The second-order valence-electron chi connectivity index (χ2n) is 10.1. The van der Waals surface area contributed by atoms with Crippen LogP contribution in [-0.4, -0.2) is 11.6 Å². The van der Waals surface area contributed by atoms with Gasteiger partial charge in [0.05, 0.1) is 0 Å². The highest BCUT2D eigenvalue weighted by atomic mass is 16.1.